The molecule has 0 fully saturated rings. The number of aromatic nitrogens is 2. The van der Waals surface area contributed by atoms with Gasteiger partial charge in [0, 0.05) is 11.6 Å². The molecule has 25 heavy (non-hydrogen) atoms. The van der Waals surface area contributed by atoms with Gasteiger partial charge in [-0.15, -0.1) is 0 Å². The number of pyridine rings is 1. The van der Waals surface area contributed by atoms with E-state index in [1.54, 1.807) is 6.92 Å². The Kier molecular flexibility index (Phi) is 5.56. The van der Waals surface area contributed by atoms with E-state index in [1.165, 1.54) is 30.4 Å². The number of nitrogens with zero attached hydrogens (tertiary/aromatic N) is 2. The van der Waals surface area contributed by atoms with Crippen molar-refractivity contribution in [2.24, 2.45) is 0 Å². The molecule has 0 aliphatic carbocycles. The summed E-state index contributed by atoms with van der Waals surface area (Å²) in [6.45, 7) is 5.00. The molecule has 0 aliphatic heterocycles. The van der Waals surface area contributed by atoms with Crippen molar-refractivity contribution in [1.82, 2.24) is 8.96 Å². The van der Waals surface area contributed by atoms with E-state index in [0.717, 1.165) is 12.3 Å². The molecule has 0 unspecified atom stereocenters. The van der Waals surface area contributed by atoms with Gasteiger partial charge in [-0.3, -0.25) is 0 Å². The maximum Gasteiger partial charge on any atom is 0.489 e. The lowest BCUT2D eigenvalue weighted by Gasteiger charge is -2.11. The van der Waals surface area contributed by atoms with Gasteiger partial charge < -0.3 is 10.0 Å². The van der Waals surface area contributed by atoms with Crippen molar-refractivity contribution in [3.05, 3.63) is 59.8 Å². The topological polar surface area (TPSA) is 92.4 Å². The first kappa shape index (κ1) is 19.0. The summed E-state index contributed by atoms with van der Waals surface area (Å²) in [5.74, 6) is 0. The predicted octanol–water partition coefficient (Wildman–Crippen LogP) is 1.48. The average Bonchev–Trinajstić information content (AvgIpc) is 2.94. The highest BCUT2D eigenvalue weighted by Crippen LogP contribution is 2.30. The van der Waals surface area contributed by atoms with Crippen LogP contribution in [-0.4, -0.2) is 34.5 Å². The van der Waals surface area contributed by atoms with Crippen LogP contribution in [-0.2, 0) is 10.0 Å². The second kappa shape index (κ2) is 7.30. The quantitative estimate of drug-likeness (QED) is 0.595. The minimum absolute atomic E-state index is 0.0881. The minimum Gasteiger partial charge on any atom is -0.423 e. The van der Waals surface area contributed by atoms with E-state index in [-0.39, 0.29) is 21.4 Å². The molecule has 0 atom stereocenters. The maximum atomic E-state index is 13.5. The largest absolute Gasteiger partial charge is 0.489 e. The van der Waals surface area contributed by atoms with Crippen molar-refractivity contribution < 1.29 is 27.2 Å². The lowest BCUT2D eigenvalue weighted by molar-refractivity contribution is 0.145. The first-order chi connectivity index (χ1) is 11.8. The third-order valence-corrected chi connectivity index (χ3v) is 5.11. The zero-order valence-corrected chi connectivity index (χ0v) is 14.0. The molecule has 0 saturated carbocycles. The summed E-state index contributed by atoms with van der Waals surface area (Å²) in [4.78, 5) is 3.58. The van der Waals surface area contributed by atoms with E-state index < -0.39 is 29.3 Å². The molecular formula is C15H15BF2N2O4S. The Morgan fingerprint density at radius 3 is 2.64 bits per heavy atom. The number of allylic oxidation sites excluding steroid dienone is 4. The second-order valence-corrected chi connectivity index (χ2v) is 6.74. The normalized spacial score (nSPS) is 13.1. The van der Waals surface area contributed by atoms with Gasteiger partial charge in [0.15, 0.2) is 5.65 Å². The lowest BCUT2D eigenvalue weighted by Crippen LogP contribution is -2.30. The SMILES string of the molecule is C=C/C=C(\C=C/C)S(=O)(=O)n1c(C(F)F)cc2c(B(O)O)ccnc21. The molecular weight excluding hydrogens is 353 g/mol. The maximum absolute atomic E-state index is 13.5. The number of fused-ring (bicyclic) bond motifs is 1. The zero-order chi connectivity index (χ0) is 18.8. The van der Waals surface area contributed by atoms with E-state index in [9.17, 15) is 27.2 Å². The Hall–Kier alpha value is -2.30. The molecule has 132 valence electrons. The molecule has 0 radical (unpaired) electrons. The summed E-state index contributed by atoms with van der Waals surface area (Å²) in [7, 11) is -6.38. The summed E-state index contributed by atoms with van der Waals surface area (Å²) in [5, 5.41) is 18.7. The Morgan fingerprint density at radius 1 is 1.44 bits per heavy atom. The summed E-state index contributed by atoms with van der Waals surface area (Å²) in [6, 6.07) is 2.10. The molecule has 0 aliphatic rings. The van der Waals surface area contributed by atoms with Gasteiger partial charge in [0.2, 0.25) is 0 Å². The van der Waals surface area contributed by atoms with Crippen molar-refractivity contribution in [1.29, 1.82) is 0 Å². The van der Waals surface area contributed by atoms with Crippen LogP contribution in [0.2, 0.25) is 0 Å². The fourth-order valence-electron chi connectivity index (χ4n) is 2.36. The minimum atomic E-state index is -4.41. The highest BCUT2D eigenvalue weighted by Gasteiger charge is 2.30. The molecule has 2 N–H and O–H groups in total. The number of hydrogen-bond acceptors (Lipinski definition) is 5. The lowest BCUT2D eigenvalue weighted by atomic mass is 9.79. The number of alkyl halides is 2. The first-order valence-electron chi connectivity index (χ1n) is 7.11. The Bertz CT molecular complexity index is 965. The van der Waals surface area contributed by atoms with Crippen molar-refractivity contribution in [2.75, 3.05) is 0 Å². The predicted molar refractivity (Wildman–Crippen MR) is 91.9 cm³/mol. The first-order valence-corrected chi connectivity index (χ1v) is 8.55. The summed E-state index contributed by atoms with van der Waals surface area (Å²) in [6.07, 6.45) is 3.06. The van der Waals surface area contributed by atoms with Gasteiger partial charge >= 0.3 is 7.12 Å². The van der Waals surface area contributed by atoms with Gasteiger partial charge in [-0.2, -0.15) is 0 Å². The van der Waals surface area contributed by atoms with E-state index in [0.29, 0.717) is 3.97 Å². The molecule has 0 aromatic carbocycles. The number of hydrogen-bond donors (Lipinski definition) is 2. The summed E-state index contributed by atoms with van der Waals surface area (Å²) < 4.78 is 53.1. The van der Waals surface area contributed by atoms with E-state index in [1.807, 2.05) is 0 Å². The zero-order valence-electron chi connectivity index (χ0n) is 13.2. The second-order valence-electron chi connectivity index (χ2n) is 4.96. The van der Waals surface area contributed by atoms with E-state index >= 15 is 0 Å². The van der Waals surface area contributed by atoms with Crippen LogP contribution in [0.25, 0.3) is 11.0 Å². The van der Waals surface area contributed by atoms with Crippen LogP contribution in [0.5, 0.6) is 0 Å². The molecule has 0 saturated heterocycles. The fourth-order valence-corrected chi connectivity index (χ4v) is 3.93. The number of rotatable bonds is 6. The molecule has 2 rings (SSSR count). The van der Waals surface area contributed by atoms with Gasteiger partial charge in [0.25, 0.3) is 16.4 Å². The van der Waals surface area contributed by atoms with Crippen LogP contribution in [0.15, 0.2) is 54.1 Å². The van der Waals surface area contributed by atoms with Crippen LogP contribution in [0.1, 0.15) is 19.0 Å². The van der Waals surface area contributed by atoms with Crippen molar-refractivity contribution in [2.45, 2.75) is 13.3 Å². The molecule has 0 amide bonds. The smallest absolute Gasteiger partial charge is 0.423 e. The van der Waals surface area contributed by atoms with Crippen LogP contribution in [0.4, 0.5) is 8.78 Å². The average molecular weight is 368 g/mol. The molecule has 0 spiro atoms. The van der Waals surface area contributed by atoms with E-state index in [4.69, 9.17) is 0 Å². The third kappa shape index (κ3) is 3.41. The highest BCUT2D eigenvalue weighted by molar-refractivity contribution is 7.94. The van der Waals surface area contributed by atoms with Gasteiger partial charge in [-0.05, 0) is 36.7 Å². The van der Waals surface area contributed by atoms with Crippen LogP contribution in [0.3, 0.4) is 0 Å². The highest BCUT2D eigenvalue weighted by atomic mass is 32.2. The molecule has 2 heterocycles. The Morgan fingerprint density at radius 2 is 2.12 bits per heavy atom. The fraction of sp³-hybridized carbons (Fsp3) is 0.133. The molecule has 6 nitrogen and oxygen atoms in total. The standard InChI is InChI=1S/C15H15BF2N2O4S/c1-3-5-10(6-4-2)25(23,24)20-13(14(17)18)9-11-12(16(21)22)7-8-19-15(11)20/h3-9,14,21-22H,1H2,2H3/b6-4-,10-5+. The van der Waals surface area contributed by atoms with Gasteiger partial charge in [-0.1, -0.05) is 18.7 Å². The molecule has 0 bridgehead atoms. The van der Waals surface area contributed by atoms with Gasteiger partial charge in [0.05, 0.1) is 4.91 Å². The summed E-state index contributed by atoms with van der Waals surface area (Å²) >= 11 is 0. The van der Waals surface area contributed by atoms with E-state index in [2.05, 4.69) is 11.6 Å². The molecule has 2 aromatic rings. The van der Waals surface area contributed by atoms with Crippen LogP contribution in [0, 0.1) is 0 Å². The van der Waals surface area contributed by atoms with Crippen LogP contribution >= 0.6 is 0 Å². The third-order valence-electron chi connectivity index (χ3n) is 3.37. The van der Waals surface area contributed by atoms with Crippen molar-refractivity contribution in [3.8, 4) is 0 Å². The van der Waals surface area contributed by atoms with Crippen molar-refractivity contribution in [3.63, 3.8) is 0 Å². The summed E-state index contributed by atoms with van der Waals surface area (Å²) in [5.41, 5.74) is -1.27. The van der Waals surface area contributed by atoms with Crippen molar-refractivity contribution >= 4 is 33.6 Å². The van der Waals surface area contributed by atoms with Gasteiger partial charge in [-0.25, -0.2) is 26.2 Å². The Labute approximate surface area is 143 Å². The monoisotopic (exact) mass is 368 g/mol. The molecule has 2 aromatic heterocycles. The Balaban J connectivity index is 2.93. The van der Waals surface area contributed by atoms with Crippen LogP contribution < -0.4 is 5.46 Å². The number of halogens is 2. The van der Waals surface area contributed by atoms with Gasteiger partial charge in [0.1, 0.15) is 5.69 Å². The molecule has 10 heteroatoms.